The summed E-state index contributed by atoms with van der Waals surface area (Å²) in [7, 11) is 0. The molecule has 34 nitrogen and oxygen atoms in total. The van der Waals surface area contributed by atoms with Crippen LogP contribution in [0.5, 0.6) is 0 Å². The van der Waals surface area contributed by atoms with Crippen molar-refractivity contribution in [2.24, 2.45) is 44.4 Å². The first-order valence-electron chi connectivity index (χ1n) is 32.4. The van der Waals surface area contributed by atoms with Gasteiger partial charge in [-0.2, -0.15) is 0 Å². The van der Waals surface area contributed by atoms with Crippen LogP contribution in [-0.4, -0.2) is 233 Å². The van der Waals surface area contributed by atoms with E-state index in [-0.39, 0.29) is 102 Å². The third kappa shape index (κ3) is 27.3. The molecule has 9 amide bonds. The van der Waals surface area contributed by atoms with E-state index < -0.39 is 145 Å². The molecule has 0 saturated carbocycles. The highest BCUT2D eigenvalue weighted by Crippen LogP contribution is 2.26. The Hall–Kier alpha value is -8.75. The number of aliphatic imine (C=N–C) groups is 2. The molecule has 25 N–H and O–H groups in total. The number of amides is 9. The van der Waals surface area contributed by atoms with Gasteiger partial charge in [-0.05, 0) is 106 Å². The molecule has 4 unspecified atom stereocenters. The molecule has 0 aliphatic carbocycles. The molecule has 1 aromatic carbocycles. The van der Waals surface area contributed by atoms with Gasteiger partial charge in [0.15, 0.2) is 11.9 Å². The van der Waals surface area contributed by atoms with Gasteiger partial charge in [0.1, 0.15) is 60.7 Å². The third-order valence-corrected chi connectivity index (χ3v) is 17.8. The summed E-state index contributed by atoms with van der Waals surface area (Å²) in [4.78, 5) is 162. The van der Waals surface area contributed by atoms with Crippen molar-refractivity contribution in [3.05, 3.63) is 80.7 Å². The molecular weight excluding hydrogens is 1310 g/mol. The van der Waals surface area contributed by atoms with Crippen LogP contribution in [0.1, 0.15) is 92.4 Å². The number of nitrogens with zero attached hydrogens (tertiary/aromatic N) is 4. The zero-order chi connectivity index (χ0) is 71.7. The number of hydrogen-bond donors (Lipinski definition) is 19. The quantitative estimate of drug-likeness (QED) is 0.0109. The largest absolute Gasteiger partial charge is 0.480 e. The number of β-amino-alcohol motifs (C(OH)–C–C–N with tert-alkyl or cyclic N) is 2. The number of unbranched alkanes of at least 4 members (excludes halogenated alkanes) is 2. The Morgan fingerprint density at radius 2 is 1.03 bits per heavy atom. The van der Waals surface area contributed by atoms with Crippen LogP contribution in [0.4, 0.5) is 0 Å². The number of aliphatic hydroxyl groups excluding tert-OH is 3. The van der Waals surface area contributed by atoms with Crippen LogP contribution in [0.15, 0.2) is 75.3 Å². The molecule has 0 spiro atoms. The molecule has 5 rings (SSSR count). The highest BCUT2D eigenvalue weighted by atomic mass is 32.1. The van der Waals surface area contributed by atoms with Gasteiger partial charge in [-0.3, -0.25) is 53.1 Å². The average molecular weight is 1410 g/mol. The number of guanidine groups is 2. The summed E-state index contributed by atoms with van der Waals surface area (Å²) in [5.74, 6) is -9.32. The number of carbonyl (C=O) groups is 11. The van der Waals surface area contributed by atoms with Crippen LogP contribution in [0.25, 0.3) is 0 Å². The second-order valence-electron chi connectivity index (χ2n) is 23.8. The van der Waals surface area contributed by atoms with Crippen LogP contribution in [0, 0.1) is 0 Å². The number of carboxylic acid groups (broad SMARTS) is 1. The topological polar surface area (TPSA) is 564 Å². The molecular formula is C62H95N19O15S2. The van der Waals surface area contributed by atoms with E-state index in [1.807, 2.05) is 0 Å². The molecule has 2 fully saturated rings. The van der Waals surface area contributed by atoms with E-state index in [1.54, 1.807) is 65.4 Å². The van der Waals surface area contributed by atoms with Gasteiger partial charge in [0.05, 0.1) is 31.4 Å². The summed E-state index contributed by atoms with van der Waals surface area (Å²) in [5.41, 5.74) is 36.9. The fourth-order valence-electron chi connectivity index (χ4n) is 11.0. The van der Waals surface area contributed by atoms with Gasteiger partial charge in [0.25, 0.3) is 0 Å². The number of benzene rings is 1. The number of carboxylic acids is 1. The second kappa shape index (κ2) is 42.1. The maximum absolute atomic E-state index is 14.6. The van der Waals surface area contributed by atoms with Crippen molar-refractivity contribution >= 4 is 100 Å². The van der Waals surface area contributed by atoms with Gasteiger partial charge >= 0.3 is 5.97 Å². The monoisotopic (exact) mass is 1410 g/mol. The number of nitrogens with one attached hydrogen (secondary N) is 9. The number of aliphatic hydroxyl groups is 3. The van der Waals surface area contributed by atoms with E-state index in [9.17, 15) is 73.2 Å². The maximum Gasteiger partial charge on any atom is 0.326 e. The van der Waals surface area contributed by atoms with Crippen molar-refractivity contribution in [1.82, 2.24) is 57.9 Å². The number of thiophene rings is 2. The zero-order valence-electron chi connectivity index (χ0n) is 54.5. The summed E-state index contributed by atoms with van der Waals surface area (Å²) >= 11 is 2.51. The smallest absolute Gasteiger partial charge is 0.326 e. The summed E-state index contributed by atoms with van der Waals surface area (Å²) < 4.78 is 0. The Labute approximate surface area is 575 Å². The second-order valence-corrected chi connectivity index (χ2v) is 25.8. The maximum atomic E-state index is 14.6. The van der Waals surface area contributed by atoms with Gasteiger partial charge in [-0.15, -0.1) is 22.7 Å². The summed E-state index contributed by atoms with van der Waals surface area (Å²) in [5, 5.41) is 68.0. The van der Waals surface area contributed by atoms with Gasteiger partial charge in [0.2, 0.25) is 53.2 Å². The number of hydrogen-bond acceptors (Lipinski definition) is 22. The predicted octanol–water partition coefficient (Wildman–Crippen LogP) is -5.74. The number of aliphatic carboxylic acids is 1. The van der Waals surface area contributed by atoms with Crippen molar-refractivity contribution in [3.8, 4) is 0 Å². The van der Waals surface area contributed by atoms with Gasteiger partial charge < -0.3 is 107 Å². The molecule has 4 heterocycles. The molecule has 2 saturated heterocycles. The molecule has 98 heavy (non-hydrogen) atoms. The molecule has 2 aliphatic rings. The first-order chi connectivity index (χ1) is 46.9. The number of nitrogens with two attached hydrogens (primary N) is 6. The van der Waals surface area contributed by atoms with Gasteiger partial charge in [-0.1, -0.05) is 42.5 Å². The van der Waals surface area contributed by atoms with Crippen molar-refractivity contribution in [2.45, 2.75) is 169 Å². The molecule has 540 valence electrons. The van der Waals surface area contributed by atoms with Crippen LogP contribution < -0.4 is 82.4 Å². The standard InChI is InChI=1S/C62H95N19O15S2/c63-20-6-4-14-37(34-82)72-52(87)42(17-5-7-21-64)74-53(88)43(18-8-22-69-61(65)66)79-81-33-39(85)28-50(81)59(94)80-32-38(84)27-49(80)58(93)71-31-51(86)73-46(29-40-15-10-24-97-40)55(90)78-48(35-83)57(92)76-45(26-36-12-2-1-3-13-36)54(89)77-47(30-41-16-11-25-98-41)56(91)75-44(60(95)96)19-9-23-70-62(67)68/h1-3,10-13,15-16,24-25,34,37-39,42-50,79,83-85H,4-9,14,17-23,26-33,35,63-64H2,(H,71,93)(H,72,87)(H,73,86)(H,74,88)(H,75,91)(H,76,92)(H,77,89)(H,78,90)(H,95,96)(H4,65,66,69)(H4,67,68,70)/t37-,38?,39?,42-,43-,44-,45+,46-,47-,48-,49?,50?/m0/s1. The average Bonchev–Trinajstić information content (AvgIpc) is 1.64. The van der Waals surface area contributed by atoms with E-state index in [1.165, 1.54) is 27.7 Å². The summed E-state index contributed by atoms with van der Waals surface area (Å²) in [6.07, 6.45) is 0.438. The van der Waals surface area contributed by atoms with Crippen molar-refractivity contribution in [2.75, 3.05) is 52.4 Å². The van der Waals surface area contributed by atoms with Crippen molar-refractivity contribution < 1.29 is 73.2 Å². The minimum absolute atomic E-state index is 0.0384. The first-order valence-corrected chi connectivity index (χ1v) is 34.2. The SMILES string of the molecule is NCCCC[C@@H](C=O)NC(=O)[C@H](CCCCN)NC(=O)[C@H](CCCN=C(N)N)NN1CC(O)CC1C(=O)N1CC(O)CC1C(=O)NCC(=O)N[C@@H](Cc1cccs1)C(=O)N[C@@H](CO)C(=O)N[C@H](Cc1ccccc1)C(=O)N[C@@H](Cc1cccs1)C(=O)N[C@@H](CCCN=C(N)N)C(=O)O. The minimum atomic E-state index is -1.75. The number of rotatable bonds is 44. The highest BCUT2D eigenvalue weighted by Gasteiger charge is 2.47. The molecule has 0 bridgehead atoms. The number of likely N-dealkylation sites (tertiary alicyclic amines) is 1. The third-order valence-electron chi connectivity index (χ3n) is 16.0. The number of carbonyl (C=O) groups excluding carboxylic acids is 10. The number of hydrazine groups is 1. The van der Waals surface area contributed by atoms with Crippen LogP contribution in [0.3, 0.4) is 0 Å². The summed E-state index contributed by atoms with van der Waals surface area (Å²) in [6, 6.07) is 2.08. The molecule has 2 aliphatic heterocycles. The lowest BCUT2D eigenvalue weighted by Gasteiger charge is -2.33. The van der Waals surface area contributed by atoms with Gasteiger partial charge in [-0.25, -0.2) is 15.2 Å². The Morgan fingerprint density at radius 1 is 0.551 bits per heavy atom. The van der Waals surface area contributed by atoms with E-state index in [2.05, 4.69) is 57.9 Å². The fraction of sp³-hybridized carbons (Fsp3) is 0.565. The number of aldehydes is 1. The molecule has 2 aromatic heterocycles. The minimum Gasteiger partial charge on any atom is -0.480 e. The van der Waals surface area contributed by atoms with E-state index in [0.29, 0.717) is 66.8 Å². The van der Waals surface area contributed by atoms with Crippen LogP contribution in [0.2, 0.25) is 0 Å². The first kappa shape index (κ1) is 79.9. The predicted molar refractivity (Wildman–Crippen MR) is 363 cm³/mol. The molecule has 0 radical (unpaired) electrons. The lowest BCUT2D eigenvalue weighted by molar-refractivity contribution is -0.144. The van der Waals surface area contributed by atoms with E-state index in [0.717, 1.165) is 4.90 Å². The molecule has 3 aromatic rings. The Bertz CT molecular complexity index is 3130. The van der Waals surface area contributed by atoms with Crippen molar-refractivity contribution in [1.29, 1.82) is 0 Å². The summed E-state index contributed by atoms with van der Waals surface area (Å²) in [6.45, 7) is -1.43. The Morgan fingerprint density at radius 3 is 1.57 bits per heavy atom. The molecule has 12 atom stereocenters. The highest BCUT2D eigenvalue weighted by molar-refractivity contribution is 7.10. The Kier molecular flexibility index (Phi) is 34.4. The lowest BCUT2D eigenvalue weighted by atomic mass is 10.0. The fourth-order valence-corrected chi connectivity index (χ4v) is 12.5. The van der Waals surface area contributed by atoms with Crippen molar-refractivity contribution in [3.63, 3.8) is 0 Å². The van der Waals surface area contributed by atoms with Gasteiger partial charge in [0, 0.05) is 68.0 Å². The van der Waals surface area contributed by atoms with E-state index in [4.69, 9.17) is 34.4 Å². The molecule has 36 heteroatoms. The van der Waals surface area contributed by atoms with Crippen LogP contribution >= 0.6 is 22.7 Å². The van der Waals surface area contributed by atoms with E-state index >= 15 is 0 Å². The Balaban J connectivity index is 1.28. The zero-order valence-corrected chi connectivity index (χ0v) is 56.1. The van der Waals surface area contributed by atoms with Crippen LogP contribution in [-0.2, 0) is 72.0 Å². The lowest BCUT2D eigenvalue weighted by Crippen LogP contribution is -2.60. The normalized spacial score (nSPS) is 18.4.